The van der Waals surface area contributed by atoms with Crippen molar-refractivity contribution >= 4 is 5.91 Å². The fourth-order valence-electron chi connectivity index (χ4n) is 1.30. The van der Waals surface area contributed by atoms with E-state index >= 15 is 0 Å². The van der Waals surface area contributed by atoms with Gasteiger partial charge in [0.15, 0.2) is 0 Å². The number of carbonyl (C=O) groups is 1. The van der Waals surface area contributed by atoms with E-state index < -0.39 is 0 Å². The van der Waals surface area contributed by atoms with Gasteiger partial charge >= 0.3 is 0 Å². The van der Waals surface area contributed by atoms with E-state index in [-0.39, 0.29) is 11.8 Å². The van der Waals surface area contributed by atoms with E-state index in [9.17, 15) is 4.79 Å². The van der Waals surface area contributed by atoms with Gasteiger partial charge in [-0.05, 0) is 12.8 Å². The Bertz CT molecular complexity index is 148. The van der Waals surface area contributed by atoms with Crippen molar-refractivity contribution in [2.45, 2.75) is 39.5 Å². The molecule has 0 bridgehead atoms. The van der Waals surface area contributed by atoms with Crippen molar-refractivity contribution in [3.8, 4) is 0 Å². The SMILES string of the molecule is CCCC[C@H](CC)C(=O)N(C)OC. The molecule has 13 heavy (non-hydrogen) atoms. The molecule has 3 nitrogen and oxygen atoms in total. The molecule has 1 atom stereocenters. The lowest BCUT2D eigenvalue weighted by Gasteiger charge is -2.20. The predicted octanol–water partition coefficient (Wildman–Crippen LogP) is 2.22. The molecular weight excluding hydrogens is 166 g/mol. The van der Waals surface area contributed by atoms with Crippen LogP contribution in [0, 0.1) is 5.92 Å². The van der Waals surface area contributed by atoms with Gasteiger partial charge in [-0.3, -0.25) is 9.63 Å². The van der Waals surface area contributed by atoms with Crippen LogP contribution in [0.1, 0.15) is 39.5 Å². The molecule has 78 valence electrons. The van der Waals surface area contributed by atoms with Gasteiger partial charge in [0.05, 0.1) is 7.11 Å². The van der Waals surface area contributed by atoms with Crippen LogP contribution in [0.4, 0.5) is 0 Å². The summed E-state index contributed by atoms with van der Waals surface area (Å²) in [4.78, 5) is 16.5. The molecule has 0 aliphatic heterocycles. The zero-order valence-electron chi connectivity index (χ0n) is 9.17. The normalized spacial score (nSPS) is 12.6. The minimum atomic E-state index is 0.0958. The van der Waals surface area contributed by atoms with Gasteiger partial charge in [0.1, 0.15) is 0 Å². The van der Waals surface area contributed by atoms with E-state index in [0.29, 0.717) is 0 Å². The maximum absolute atomic E-state index is 11.6. The third kappa shape index (κ3) is 4.27. The average molecular weight is 187 g/mol. The Morgan fingerprint density at radius 2 is 2.08 bits per heavy atom. The van der Waals surface area contributed by atoms with E-state index in [1.165, 1.54) is 12.2 Å². The van der Waals surface area contributed by atoms with E-state index in [4.69, 9.17) is 4.84 Å². The minimum absolute atomic E-state index is 0.0958. The second-order valence-electron chi connectivity index (χ2n) is 3.27. The highest BCUT2D eigenvalue weighted by molar-refractivity contribution is 5.77. The number of nitrogens with zero attached hydrogens (tertiary/aromatic N) is 1. The Hall–Kier alpha value is -0.570. The Balaban J connectivity index is 3.98. The molecule has 0 aliphatic carbocycles. The van der Waals surface area contributed by atoms with Crippen LogP contribution in [0.3, 0.4) is 0 Å². The molecular formula is C10H21NO2. The van der Waals surface area contributed by atoms with Crippen LogP contribution >= 0.6 is 0 Å². The molecule has 3 heteroatoms. The van der Waals surface area contributed by atoms with Crippen LogP contribution in [-0.4, -0.2) is 25.1 Å². The molecule has 0 aromatic carbocycles. The Morgan fingerprint density at radius 3 is 2.46 bits per heavy atom. The van der Waals surface area contributed by atoms with Gasteiger partial charge in [0, 0.05) is 13.0 Å². The zero-order chi connectivity index (χ0) is 10.3. The quantitative estimate of drug-likeness (QED) is 0.597. The first-order valence-electron chi connectivity index (χ1n) is 4.99. The average Bonchev–Trinajstić information content (AvgIpc) is 2.17. The Labute approximate surface area is 81.0 Å². The monoisotopic (exact) mass is 187 g/mol. The van der Waals surface area contributed by atoms with Crippen LogP contribution in [0.15, 0.2) is 0 Å². The Kier molecular flexibility index (Phi) is 6.59. The van der Waals surface area contributed by atoms with Crippen molar-refractivity contribution in [2.75, 3.05) is 14.2 Å². The summed E-state index contributed by atoms with van der Waals surface area (Å²) in [7, 11) is 3.18. The summed E-state index contributed by atoms with van der Waals surface area (Å²) in [5.41, 5.74) is 0. The van der Waals surface area contributed by atoms with Crippen molar-refractivity contribution in [3.05, 3.63) is 0 Å². The van der Waals surface area contributed by atoms with Gasteiger partial charge in [-0.1, -0.05) is 26.7 Å². The second kappa shape index (κ2) is 6.89. The van der Waals surface area contributed by atoms with Crippen LogP contribution in [-0.2, 0) is 9.63 Å². The lowest BCUT2D eigenvalue weighted by Crippen LogP contribution is -2.31. The third-order valence-electron chi connectivity index (χ3n) is 2.33. The van der Waals surface area contributed by atoms with E-state index in [2.05, 4.69) is 6.92 Å². The first kappa shape index (κ1) is 12.4. The fraction of sp³-hybridized carbons (Fsp3) is 0.900. The lowest BCUT2D eigenvalue weighted by molar-refractivity contribution is -0.173. The van der Waals surface area contributed by atoms with Crippen LogP contribution in [0.5, 0.6) is 0 Å². The lowest BCUT2D eigenvalue weighted by atomic mass is 9.98. The second-order valence-corrected chi connectivity index (χ2v) is 3.27. The first-order chi connectivity index (χ1) is 6.17. The molecule has 0 rings (SSSR count). The van der Waals surface area contributed by atoms with Crippen molar-refractivity contribution in [1.82, 2.24) is 5.06 Å². The summed E-state index contributed by atoms with van der Waals surface area (Å²) >= 11 is 0. The highest BCUT2D eigenvalue weighted by atomic mass is 16.7. The Morgan fingerprint density at radius 1 is 1.46 bits per heavy atom. The molecule has 0 heterocycles. The third-order valence-corrected chi connectivity index (χ3v) is 2.33. The number of hydroxylamine groups is 2. The van der Waals surface area contributed by atoms with Gasteiger partial charge in [-0.25, -0.2) is 5.06 Å². The maximum Gasteiger partial charge on any atom is 0.248 e. The standard InChI is InChI=1S/C10H21NO2/c1-5-7-8-9(6-2)10(12)11(3)13-4/h9H,5-8H2,1-4H3/t9-/m0/s1. The fourth-order valence-corrected chi connectivity index (χ4v) is 1.30. The van der Waals surface area contributed by atoms with Gasteiger partial charge in [0.25, 0.3) is 0 Å². The van der Waals surface area contributed by atoms with Crippen molar-refractivity contribution < 1.29 is 9.63 Å². The molecule has 0 spiro atoms. The molecule has 0 saturated heterocycles. The zero-order valence-corrected chi connectivity index (χ0v) is 9.17. The molecule has 0 aliphatic rings. The van der Waals surface area contributed by atoms with E-state index in [0.717, 1.165) is 25.7 Å². The first-order valence-corrected chi connectivity index (χ1v) is 4.99. The van der Waals surface area contributed by atoms with E-state index in [1.807, 2.05) is 6.92 Å². The molecule has 0 N–H and O–H groups in total. The van der Waals surface area contributed by atoms with Crippen LogP contribution < -0.4 is 0 Å². The van der Waals surface area contributed by atoms with Crippen molar-refractivity contribution in [2.24, 2.45) is 5.92 Å². The molecule has 1 amide bonds. The summed E-state index contributed by atoms with van der Waals surface area (Å²) in [5, 5.41) is 1.32. The summed E-state index contributed by atoms with van der Waals surface area (Å²) in [5.74, 6) is 0.225. The topological polar surface area (TPSA) is 29.5 Å². The summed E-state index contributed by atoms with van der Waals surface area (Å²) in [6, 6.07) is 0. The number of unbranched alkanes of at least 4 members (excludes halogenated alkanes) is 1. The molecule has 0 aromatic heterocycles. The maximum atomic E-state index is 11.6. The smallest absolute Gasteiger partial charge is 0.248 e. The van der Waals surface area contributed by atoms with Crippen molar-refractivity contribution in [3.63, 3.8) is 0 Å². The molecule has 0 saturated carbocycles. The highest BCUT2D eigenvalue weighted by Crippen LogP contribution is 2.14. The van der Waals surface area contributed by atoms with Crippen molar-refractivity contribution in [1.29, 1.82) is 0 Å². The molecule has 0 aromatic rings. The van der Waals surface area contributed by atoms with Gasteiger partial charge in [-0.2, -0.15) is 0 Å². The number of hydrogen-bond donors (Lipinski definition) is 0. The number of amides is 1. The predicted molar refractivity (Wildman–Crippen MR) is 53.1 cm³/mol. The van der Waals surface area contributed by atoms with Crippen LogP contribution in [0.2, 0.25) is 0 Å². The van der Waals surface area contributed by atoms with Gasteiger partial charge in [0.2, 0.25) is 5.91 Å². The number of hydrogen-bond acceptors (Lipinski definition) is 2. The van der Waals surface area contributed by atoms with Gasteiger partial charge in [-0.15, -0.1) is 0 Å². The van der Waals surface area contributed by atoms with Gasteiger partial charge < -0.3 is 0 Å². The number of carbonyl (C=O) groups excluding carboxylic acids is 1. The van der Waals surface area contributed by atoms with Crippen LogP contribution in [0.25, 0.3) is 0 Å². The number of rotatable bonds is 6. The molecule has 0 radical (unpaired) electrons. The summed E-state index contributed by atoms with van der Waals surface area (Å²) in [6.45, 7) is 4.18. The highest BCUT2D eigenvalue weighted by Gasteiger charge is 2.19. The molecule has 0 unspecified atom stereocenters. The summed E-state index contributed by atoms with van der Waals surface area (Å²) < 4.78 is 0. The summed E-state index contributed by atoms with van der Waals surface area (Å²) in [6.07, 6.45) is 4.12. The van der Waals surface area contributed by atoms with E-state index in [1.54, 1.807) is 7.05 Å². The molecule has 0 fully saturated rings. The largest absolute Gasteiger partial charge is 0.275 e. The minimum Gasteiger partial charge on any atom is -0.275 e.